The Morgan fingerprint density at radius 2 is 1.68 bits per heavy atom. The fraction of sp³-hybridized carbons (Fsp3) is 0.0500. The van der Waals surface area contributed by atoms with Gasteiger partial charge in [-0.05, 0) is 37.3 Å². The quantitative estimate of drug-likeness (QED) is 0.548. The summed E-state index contributed by atoms with van der Waals surface area (Å²) < 4.78 is 0. The smallest absolute Gasteiger partial charge is 0.276 e. The Labute approximate surface area is 145 Å². The van der Waals surface area contributed by atoms with Crippen LogP contribution in [0.5, 0.6) is 5.75 Å². The monoisotopic (exact) mass is 332 g/mol. The van der Waals surface area contributed by atoms with E-state index in [-0.39, 0.29) is 11.4 Å². The van der Waals surface area contributed by atoms with E-state index in [4.69, 9.17) is 0 Å². The molecule has 2 aromatic carbocycles. The number of phenolic OH excluding ortho intramolecular Hbond substituents is 1. The van der Waals surface area contributed by atoms with E-state index in [2.05, 4.69) is 4.98 Å². The van der Waals surface area contributed by atoms with E-state index in [0.29, 0.717) is 16.8 Å². The molecule has 1 heterocycles. The first kappa shape index (κ1) is 16.4. The summed E-state index contributed by atoms with van der Waals surface area (Å²) in [6.07, 6.45) is 3.40. The lowest BCUT2D eigenvalue weighted by molar-refractivity contribution is -0.385. The molecule has 0 saturated heterocycles. The van der Waals surface area contributed by atoms with Gasteiger partial charge in [0.25, 0.3) is 5.69 Å². The van der Waals surface area contributed by atoms with Gasteiger partial charge in [0, 0.05) is 22.9 Å². The van der Waals surface area contributed by atoms with Gasteiger partial charge in [-0.3, -0.25) is 15.1 Å². The van der Waals surface area contributed by atoms with Crippen molar-refractivity contribution in [1.29, 1.82) is 0 Å². The van der Waals surface area contributed by atoms with E-state index in [1.54, 1.807) is 42.5 Å². The normalized spacial score (nSPS) is 10.9. The summed E-state index contributed by atoms with van der Waals surface area (Å²) in [5.74, 6) is 0.161. The van der Waals surface area contributed by atoms with Gasteiger partial charge in [0.15, 0.2) is 0 Å². The standard InChI is InChI=1S/C20H16N2O3/c1-14-10-12-16(17-7-3-5-9-20(17)23)18(21-14)13-11-15-6-2-4-8-19(15)22(24)25/h2-13,23H,1H3. The number of aromatic nitrogens is 1. The lowest BCUT2D eigenvalue weighted by Crippen LogP contribution is -1.92. The van der Waals surface area contributed by atoms with Crippen molar-refractivity contribution in [3.63, 3.8) is 0 Å². The van der Waals surface area contributed by atoms with Crippen molar-refractivity contribution >= 4 is 17.8 Å². The number of rotatable bonds is 4. The summed E-state index contributed by atoms with van der Waals surface area (Å²) in [7, 11) is 0. The van der Waals surface area contributed by atoms with Crippen molar-refractivity contribution in [3.8, 4) is 16.9 Å². The van der Waals surface area contributed by atoms with Crippen molar-refractivity contribution in [1.82, 2.24) is 4.98 Å². The summed E-state index contributed by atoms with van der Waals surface area (Å²) in [4.78, 5) is 15.2. The van der Waals surface area contributed by atoms with Crippen LogP contribution in [0.25, 0.3) is 23.3 Å². The van der Waals surface area contributed by atoms with Gasteiger partial charge in [-0.2, -0.15) is 0 Å². The fourth-order valence-electron chi connectivity index (χ4n) is 2.60. The highest BCUT2D eigenvalue weighted by molar-refractivity contribution is 5.82. The zero-order valence-electron chi connectivity index (χ0n) is 13.6. The Bertz CT molecular complexity index is 965. The molecule has 0 atom stereocenters. The molecule has 0 aliphatic heterocycles. The van der Waals surface area contributed by atoms with Gasteiger partial charge < -0.3 is 5.11 Å². The van der Waals surface area contributed by atoms with Crippen molar-refractivity contribution in [2.24, 2.45) is 0 Å². The Hall–Kier alpha value is -3.47. The molecule has 0 saturated carbocycles. The predicted molar refractivity (Wildman–Crippen MR) is 98.1 cm³/mol. The highest BCUT2D eigenvalue weighted by Gasteiger charge is 2.11. The lowest BCUT2D eigenvalue weighted by atomic mass is 10.0. The maximum atomic E-state index is 11.1. The van der Waals surface area contributed by atoms with Crippen LogP contribution in [-0.4, -0.2) is 15.0 Å². The molecular weight excluding hydrogens is 316 g/mol. The number of phenols is 1. The molecule has 1 aromatic heterocycles. The third-order valence-electron chi connectivity index (χ3n) is 3.81. The number of aryl methyl sites for hydroxylation is 1. The molecule has 3 aromatic rings. The van der Waals surface area contributed by atoms with E-state index in [1.165, 1.54) is 6.07 Å². The molecule has 0 radical (unpaired) electrons. The number of nitrogens with zero attached hydrogens (tertiary/aromatic N) is 2. The molecule has 124 valence electrons. The number of hydrogen-bond acceptors (Lipinski definition) is 4. The number of para-hydroxylation sites is 2. The first-order valence-electron chi connectivity index (χ1n) is 7.74. The number of benzene rings is 2. The first-order valence-corrected chi connectivity index (χ1v) is 7.74. The van der Waals surface area contributed by atoms with Crippen LogP contribution in [0.4, 0.5) is 5.69 Å². The Balaban J connectivity index is 2.08. The summed E-state index contributed by atoms with van der Waals surface area (Å²) in [5, 5.41) is 21.3. The molecule has 0 unspecified atom stereocenters. The van der Waals surface area contributed by atoms with E-state index in [9.17, 15) is 15.2 Å². The van der Waals surface area contributed by atoms with Gasteiger partial charge in [0.2, 0.25) is 0 Å². The Morgan fingerprint density at radius 1 is 0.960 bits per heavy atom. The second kappa shape index (κ2) is 6.97. The van der Waals surface area contributed by atoms with Crippen LogP contribution in [0.1, 0.15) is 17.0 Å². The average molecular weight is 332 g/mol. The number of hydrogen-bond donors (Lipinski definition) is 1. The largest absolute Gasteiger partial charge is 0.507 e. The van der Waals surface area contributed by atoms with Crippen LogP contribution < -0.4 is 0 Å². The van der Waals surface area contributed by atoms with E-state index >= 15 is 0 Å². The third-order valence-corrected chi connectivity index (χ3v) is 3.81. The van der Waals surface area contributed by atoms with Crippen molar-refractivity contribution in [3.05, 3.63) is 87.7 Å². The zero-order chi connectivity index (χ0) is 17.8. The molecule has 0 amide bonds. The minimum absolute atomic E-state index is 0.0375. The van der Waals surface area contributed by atoms with Crippen molar-refractivity contribution in [2.45, 2.75) is 6.92 Å². The topological polar surface area (TPSA) is 76.3 Å². The molecule has 0 spiro atoms. The third kappa shape index (κ3) is 3.55. The zero-order valence-corrected chi connectivity index (χ0v) is 13.6. The summed E-state index contributed by atoms with van der Waals surface area (Å²) in [6, 6.07) is 17.3. The molecular formula is C20H16N2O3. The van der Waals surface area contributed by atoms with Gasteiger partial charge in [0.05, 0.1) is 16.2 Å². The number of nitro groups is 1. The Morgan fingerprint density at radius 3 is 2.44 bits per heavy atom. The van der Waals surface area contributed by atoms with Crippen LogP contribution in [-0.2, 0) is 0 Å². The van der Waals surface area contributed by atoms with E-state index < -0.39 is 4.92 Å². The minimum Gasteiger partial charge on any atom is -0.507 e. The molecule has 25 heavy (non-hydrogen) atoms. The Kier molecular flexibility index (Phi) is 4.57. The summed E-state index contributed by atoms with van der Waals surface area (Å²) >= 11 is 0. The summed E-state index contributed by atoms with van der Waals surface area (Å²) in [5.41, 5.74) is 3.42. The van der Waals surface area contributed by atoms with Crippen molar-refractivity contribution in [2.75, 3.05) is 0 Å². The SMILES string of the molecule is Cc1ccc(-c2ccccc2O)c(C=Cc2ccccc2[N+](=O)[O-])n1. The molecule has 3 rings (SSSR count). The van der Waals surface area contributed by atoms with Gasteiger partial charge in [-0.1, -0.05) is 36.4 Å². The van der Waals surface area contributed by atoms with Crippen LogP contribution in [0.3, 0.4) is 0 Å². The first-order chi connectivity index (χ1) is 12.1. The summed E-state index contributed by atoms with van der Waals surface area (Å²) in [6.45, 7) is 1.87. The maximum absolute atomic E-state index is 11.1. The fourth-order valence-corrected chi connectivity index (χ4v) is 2.60. The van der Waals surface area contributed by atoms with E-state index in [1.807, 2.05) is 31.2 Å². The van der Waals surface area contributed by atoms with Crippen molar-refractivity contribution < 1.29 is 10.0 Å². The highest BCUT2D eigenvalue weighted by atomic mass is 16.6. The van der Waals surface area contributed by atoms with Gasteiger partial charge in [-0.25, -0.2) is 0 Å². The van der Waals surface area contributed by atoms with Gasteiger partial charge in [-0.15, -0.1) is 0 Å². The average Bonchev–Trinajstić information content (AvgIpc) is 2.61. The van der Waals surface area contributed by atoms with Crippen LogP contribution in [0.15, 0.2) is 60.7 Å². The molecule has 0 fully saturated rings. The number of nitro benzene ring substituents is 1. The molecule has 5 nitrogen and oxygen atoms in total. The van der Waals surface area contributed by atoms with Gasteiger partial charge in [0.1, 0.15) is 5.75 Å². The predicted octanol–water partition coefficient (Wildman–Crippen LogP) is 4.84. The second-order valence-electron chi connectivity index (χ2n) is 5.55. The number of pyridine rings is 1. The molecule has 0 aliphatic rings. The van der Waals surface area contributed by atoms with Gasteiger partial charge >= 0.3 is 0 Å². The highest BCUT2D eigenvalue weighted by Crippen LogP contribution is 2.32. The molecule has 0 bridgehead atoms. The second-order valence-corrected chi connectivity index (χ2v) is 5.55. The lowest BCUT2D eigenvalue weighted by Gasteiger charge is -2.08. The minimum atomic E-state index is -0.409. The van der Waals surface area contributed by atoms with Crippen LogP contribution in [0, 0.1) is 17.0 Å². The number of aromatic hydroxyl groups is 1. The molecule has 5 heteroatoms. The molecule has 1 N–H and O–H groups in total. The maximum Gasteiger partial charge on any atom is 0.276 e. The van der Waals surface area contributed by atoms with Crippen LogP contribution in [0.2, 0.25) is 0 Å². The van der Waals surface area contributed by atoms with Crippen LogP contribution >= 0.6 is 0 Å². The molecule has 0 aliphatic carbocycles. The van der Waals surface area contributed by atoms with E-state index in [0.717, 1.165) is 11.3 Å².